The van der Waals surface area contributed by atoms with Gasteiger partial charge >= 0.3 is 0 Å². The topological polar surface area (TPSA) is 21.7 Å². The Morgan fingerprint density at radius 3 is 1.79 bits per heavy atom. The van der Waals surface area contributed by atoms with Crippen molar-refractivity contribution in [3.05, 3.63) is 94.6 Å². The maximum Gasteiger partial charge on any atom is 0.259 e. The van der Waals surface area contributed by atoms with Crippen LogP contribution in [0.1, 0.15) is 98.1 Å². The second-order valence-corrected chi connectivity index (χ2v) is 13.0. The van der Waals surface area contributed by atoms with E-state index in [1.807, 2.05) is 0 Å². The van der Waals surface area contributed by atoms with Gasteiger partial charge in [0.15, 0.2) is 0 Å². The van der Waals surface area contributed by atoms with Gasteiger partial charge in [-0.3, -0.25) is 0 Å². The van der Waals surface area contributed by atoms with Gasteiger partial charge in [0.2, 0.25) is 0 Å². The summed E-state index contributed by atoms with van der Waals surface area (Å²) in [5, 5.41) is 0. The molecule has 3 nitrogen and oxygen atoms in total. The third kappa shape index (κ3) is 9.25. The molecule has 39 heavy (non-hydrogen) atoms. The number of nitrogens with zero attached hydrogens (tertiary/aromatic N) is 1. The van der Waals surface area contributed by atoms with Gasteiger partial charge < -0.3 is 9.05 Å². The average molecular weight is 548 g/mol. The molecule has 4 heteroatoms. The van der Waals surface area contributed by atoms with Crippen molar-refractivity contribution in [2.75, 3.05) is 13.2 Å². The summed E-state index contributed by atoms with van der Waals surface area (Å²) < 4.78 is 15.6. The van der Waals surface area contributed by atoms with Gasteiger partial charge in [0, 0.05) is 18.0 Å². The highest BCUT2D eigenvalue weighted by Gasteiger charge is 2.32. The lowest BCUT2D eigenvalue weighted by Crippen LogP contribution is -2.34. The summed E-state index contributed by atoms with van der Waals surface area (Å²) in [4.78, 5) is 0. The fourth-order valence-corrected chi connectivity index (χ4v) is 6.88. The molecule has 3 rings (SSSR count). The molecule has 0 saturated carbocycles. The number of rotatable bonds is 15. The van der Waals surface area contributed by atoms with Crippen LogP contribution in [0.15, 0.2) is 83.5 Å². The monoisotopic (exact) mass is 547 g/mol. The van der Waals surface area contributed by atoms with Gasteiger partial charge in [-0.25, -0.2) is 4.67 Å². The van der Waals surface area contributed by atoms with E-state index < -0.39 is 8.53 Å². The minimum Gasteiger partial charge on any atom is -0.321 e. The zero-order chi connectivity index (χ0) is 28.4. The molecule has 0 fully saturated rings. The molecule has 0 amide bonds. The third-order valence-electron chi connectivity index (χ3n) is 7.30. The molecule has 0 saturated heterocycles. The maximum absolute atomic E-state index is 6.70. The number of fused-ring (bicyclic) bond motifs is 3. The van der Waals surface area contributed by atoms with E-state index in [9.17, 15) is 0 Å². The van der Waals surface area contributed by atoms with Crippen molar-refractivity contribution in [1.82, 2.24) is 4.67 Å². The van der Waals surface area contributed by atoms with E-state index in [4.69, 9.17) is 9.05 Å². The molecular weight excluding hydrogens is 497 g/mol. The molecule has 2 aromatic carbocycles. The van der Waals surface area contributed by atoms with E-state index in [2.05, 4.69) is 127 Å². The highest BCUT2D eigenvalue weighted by atomic mass is 31.2. The summed E-state index contributed by atoms with van der Waals surface area (Å²) in [7, 11) is -1.19. The van der Waals surface area contributed by atoms with Gasteiger partial charge in [0.25, 0.3) is 8.53 Å². The van der Waals surface area contributed by atoms with Crippen molar-refractivity contribution in [2.45, 2.75) is 99.1 Å². The fraction of sp³-hybridized carbons (Fsp3) is 0.486. The molecule has 2 aromatic rings. The second kappa shape index (κ2) is 15.7. The van der Waals surface area contributed by atoms with E-state index in [-0.39, 0.29) is 5.92 Å². The Balaban J connectivity index is 1.63. The predicted molar refractivity (Wildman–Crippen MR) is 170 cm³/mol. The maximum atomic E-state index is 6.70. The summed E-state index contributed by atoms with van der Waals surface area (Å²) in [6, 6.07) is 18.2. The fourth-order valence-electron chi connectivity index (χ4n) is 5.30. The standard InChI is InChI=1S/C35H50NO2P/c1-26(2)15-13-16-29(7)17-14-18-30(8)23-24-37-39(36(27(3)4)28(5)6)38-25-35-33-21-11-9-19-31(33)32-20-10-12-22-34(32)35/h9-12,15,17,19-23,27-28,35H,13-14,16,18,24-25H2,1-8H3/b29-17+,30-23+. The van der Waals surface area contributed by atoms with Crippen molar-refractivity contribution in [2.24, 2.45) is 0 Å². The molecule has 0 spiro atoms. The lowest BCUT2D eigenvalue weighted by molar-refractivity contribution is 0.181. The molecule has 0 radical (unpaired) electrons. The van der Waals surface area contributed by atoms with Crippen LogP contribution in [-0.2, 0) is 9.05 Å². The van der Waals surface area contributed by atoms with Crippen molar-refractivity contribution in [1.29, 1.82) is 0 Å². The minimum atomic E-state index is -1.19. The molecule has 0 heterocycles. The Morgan fingerprint density at radius 2 is 1.26 bits per heavy atom. The molecule has 0 N–H and O–H groups in total. The first kappa shape index (κ1) is 31.5. The van der Waals surface area contributed by atoms with Gasteiger partial charge in [-0.2, -0.15) is 0 Å². The van der Waals surface area contributed by atoms with Gasteiger partial charge in [0.1, 0.15) is 0 Å². The van der Waals surface area contributed by atoms with Crippen LogP contribution in [0, 0.1) is 0 Å². The highest BCUT2D eigenvalue weighted by Crippen LogP contribution is 2.50. The predicted octanol–water partition coefficient (Wildman–Crippen LogP) is 10.6. The zero-order valence-electron chi connectivity index (χ0n) is 25.5. The Morgan fingerprint density at radius 1 is 0.744 bits per heavy atom. The van der Waals surface area contributed by atoms with Gasteiger partial charge in [-0.1, -0.05) is 83.5 Å². The summed E-state index contributed by atoms with van der Waals surface area (Å²) in [6.07, 6.45) is 11.4. The largest absolute Gasteiger partial charge is 0.321 e. The number of hydrogen-bond donors (Lipinski definition) is 0. The summed E-state index contributed by atoms with van der Waals surface area (Å²) in [5.74, 6) is 0.233. The third-order valence-corrected chi connectivity index (χ3v) is 9.34. The Kier molecular flexibility index (Phi) is 12.7. The van der Waals surface area contributed by atoms with E-state index in [1.54, 1.807) is 0 Å². The molecular formula is C35H50NO2P. The van der Waals surface area contributed by atoms with Crippen LogP contribution in [-0.4, -0.2) is 30.0 Å². The van der Waals surface area contributed by atoms with Crippen LogP contribution in [0.4, 0.5) is 0 Å². The first-order chi connectivity index (χ1) is 18.7. The SMILES string of the molecule is CC(C)=CCC/C(C)=C/CC/C(C)=C/COP(OCC1c2ccccc2-c2ccccc21)N(C(C)C)C(C)C. The van der Waals surface area contributed by atoms with Crippen LogP contribution >= 0.6 is 8.53 Å². The molecule has 1 aliphatic carbocycles. The Hall–Kier alpha value is -2.03. The lowest BCUT2D eigenvalue weighted by atomic mass is 9.98. The average Bonchev–Trinajstić information content (AvgIpc) is 3.20. The smallest absolute Gasteiger partial charge is 0.259 e. The van der Waals surface area contributed by atoms with Crippen molar-refractivity contribution >= 4 is 8.53 Å². The van der Waals surface area contributed by atoms with Gasteiger partial charge in [-0.05, 0) is 103 Å². The van der Waals surface area contributed by atoms with Crippen molar-refractivity contribution in [3.8, 4) is 11.1 Å². The molecule has 1 unspecified atom stereocenters. The molecule has 0 aromatic heterocycles. The van der Waals surface area contributed by atoms with E-state index in [0.717, 1.165) is 25.7 Å². The van der Waals surface area contributed by atoms with Gasteiger partial charge in [-0.15, -0.1) is 0 Å². The molecule has 0 bridgehead atoms. The number of benzene rings is 2. The van der Waals surface area contributed by atoms with Crippen molar-refractivity contribution < 1.29 is 9.05 Å². The van der Waals surface area contributed by atoms with Gasteiger partial charge in [0.05, 0.1) is 13.2 Å². The van der Waals surface area contributed by atoms with E-state index >= 15 is 0 Å². The first-order valence-electron chi connectivity index (χ1n) is 14.7. The molecule has 1 atom stereocenters. The minimum absolute atomic E-state index is 0.233. The zero-order valence-corrected chi connectivity index (χ0v) is 26.4. The van der Waals surface area contributed by atoms with Crippen LogP contribution in [0.25, 0.3) is 11.1 Å². The highest BCUT2D eigenvalue weighted by molar-refractivity contribution is 7.44. The van der Waals surface area contributed by atoms with E-state index in [1.165, 1.54) is 39.0 Å². The second-order valence-electron chi connectivity index (χ2n) is 11.6. The van der Waals surface area contributed by atoms with Crippen LogP contribution in [0.2, 0.25) is 0 Å². The summed E-state index contributed by atoms with van der Waals surface area (Å²) in [6.45, 7) is 18.9. The van der Waals surface area contributed by atoms with Crippen LogP contribution in [0.3, 0.4) is 0 Å². The van der Waals surface area contributed by atoms with E-state index in [0.29, 0.717) is 25.3 Å². The van der Waals surface area contributed by atoms with Crippen LogP contribution in [0.5, 0.6) is 0 Å². The summed E-state index contributed by atoms with van der Waals surface area (Å²) >= 11 is 0. The lowest BCUT2D eigenvalue weighted by Gasteiger charge is -2.36. The Bertz CT molecular complexity index is 1090. The molecule has 212 valence electrons. The van der Waals surface area contributed by atoms with Crippen LogP contribution < -0.4 is 0 Å². The Labute approximate surface area is 240 Å². The number of hydrogen-bond acceptors (Lipinski definition) is 3. The summed E-state index contributed by atoms with van der Waals surface area (Å²) in [5.41, 5.74) is 9.62. The molecule has 1 aliphatic rings. The normalized spacial score (nSPS) is 14.7. The quantitative estimate of drug-likeness (QED) is 0.163. The number of allylic oxidation sites excluding steroid dienone is 5. The van der Waals surface area contributed by atoms with Crippen molar-refractivity contribution in [3.63, 3.8) is 0 Å². The molecule has 0 aliphatic heterocycles. The first-order valence-corrected chi connectivity index (χ1v) is 15.8.